The molecule has 3 heterocycles. The van der Waals surface area contributed by atoms with Gasteiger partial charge >= 0.3 is 11.7 Å². The van der Waals surface area contributed by atoms with Gasteiger partial charge in [-0.3, -0.25) is 28.8 Å². The fourth-order valence-corrected chi connectivity index (χ4v) is 5.56. The highest BCUT2D eigenvalue weighted by atomic mass is 16.6. The van der Waals surface area contributed by atoms with Crippen LogP contribution in [0.3, 0.4) is 0 Å². The summed E-state index contributed by atoms with van der Waals surface area (Å²) in [4.78, 5) is 65.2. The maximum absolute atomic E-state index is 13.6. The molecule has 2 amide bonds. The maximum atomic E-state index is 13.6. The first-order chi connectivity index (χ1) is 18.6. The Morgan fingerprint density at radius 3 is 2.38 bits per heavy atom. The number of hydrogen-bond donors (Lipinski definition) is 4. The van der Waals surface area contributed by atoms with Crippen molar-refractivity contribution < 1.29 is 39.2 Å². The standard InChI is InChI=1S/C26H27N3O10/c1-12-2-3-14(19-18(12)22(33)29(23(19)34)15-6-4-13(5-7-15)25(35)36)11-38-21-20(32)16(10-30)39-24(21)28-9-8-17(31)27-26(28)37/h2-9,12,14,16,18-21,24,30,32H,10-11H2,1H3,(H,35,36)(H,27,31,37)/t12?,14?,16-,18?,19?,20?,21+,24-/m1/s1. The monoisotopic (exact) mass is 541 g/mol. The first-order valence-corrected chi connectivity index (χ1v) is 12.4. The summed E-state index contributed by atoms with van der Waals surface area (Å²) in [5, 5.41) is 29.5. The summed E-state index contributed by atoms with van der Waals surface area (Å²) in [5.74, 6) is -4.27. The van der Waals surface area contributed by atoms with Crippen LogP contribution >= 0.6 is 0 Å². The molecule has 13 nitrogen and oxygen atoms in total. The van der Waals surface area contributed by atoms with Crippen LogP contribution in [0.15, 0.2) is 58.3 Å². The quantitative estimate of drug-likeness (QED) is 0.263. The van der Waals surface area contributed by atoms with Gasteiger partial charge in [-0.2, -0.15) is 0 Å². The summed E-state index contributed by atoms with van der Waals surface area (Å²) in [6, 6.07) is 6.57. The van der Waals surface area contributed by atoms with Gasteiger partial charge in [-0.05, 0) is 30.2 Å². The van der Waals surface area contributed by atoms with E-state index in [1.54, 1.807) is 6.08 Å². The number of carboxylic acid groups (broad SMARTS) is 1. The number of rotatable bonds is 7. The van der Waals surface area contributed by atoms with Gasteiger partial charge in [0.1, 0.15) is 18.3 Å². The smallest absolute Gasteiger partial charge is 0.335 e. The zero-order valence-electron chi connectivity index (χ0n) is 20.7. The lowest BCUT2D eigenvalue weighted by molar-refractivity contribution is -0.125. The molecule has 206 valence electrons. The number of H-pyrrole nitrogens is 1. The number of carbonyl (C=O) groups excluding carboxylic acids is 2. The number of benzene rings is 1. The van der Waals surface area contributed by atoms with E-state index < -0.39 is 77.9 Å². The summed E-state index contributed by atoms with van der Waals surface area (Å²) >= 11 is 0. The van der Waals surface area contributed by atoms with E-state index in [9.17, 15) is 34.2 Å². The number of aromatic amines is 1. The van der Waals surface area contributed by atoms with Crippen molar-refractivity contribution in [3.05, 3.63) is 75.1 Å². The molecule has 1 aromatic carbocycles. The number of nitrogens with zero attached hydrogens (tertiary/aromatic N) is 2. The Kier molecular flexibility index (Phi) is 7.07. The molecule has 0 bridgehead atoms. The molecular formula is C26H27N3O10. The van der Waals surface area contributed by atoms with Crippen molar-refractivity contribution in [2.24, 2.45) is 23.7 Å². The predicted molar refractivity (Wildman–Crippen MR) is 133 cm³/mol. The van der Waals surface area contributed by atoms with Crippen LogP contribution in [0.1, 0.15) is 23.5 Å². The zero-order valence-corrected chi connectivity index (χ0v) is 20.7. The molecule has 2 fully saturated rings. The first kappa shape index (κ1) is 26.7. The molecular weight excluding hydrogens is 514 g/mol. The number of carbonyl (C=O) groups is 3. The Labute approximate surface area is 220 Å². The first-order valence-electron chi connectivity index (χ1n) is 12.4. The Morgan fingerprint density at radius 1 is 1.05 bits per heavy atom. The van der Waals surface area contributed by atoms with E-state index in [2.05, 4.69) is 4.98 Å². The minimum Gasteiger partial charge on any atom is -0.478 e. The molecule has 4 N–H and O–H groups in total. The number of nitrogens with one attached hydrogen (secondary N) is 1. The summed E-state index contributed by atoms with van der Waals surface area (Å²) in [6.45, 7) is 1.16. The molecule has 0 saturated carbocycles. The van der Waals surface area contributed by atoms with E-state index in [0.29, 0.717) is 0 Å². The van der Waals surface area contributed by atoms with Crippen molar-refractivity contribution in [1.82, 2.24) is 9.55 Å². The van der Waals surface area contributed by atoms with Crippen molar-refractivity contribution in [2.75, 3.05) is 18.1 Å². The van der Waals surface area contributed by atoms with Gasteiger partial charge in [0.05, 0.1) is 36.3 Å². The Balaban J connectivity index is 1.39. The van der Waals surface area contributed by atoms with Crippen molar-refractivity contribution in [1.29, 1.82) is 0 Å². The lowest BCUT2D eigenvalue weighted by Crippen LogP contribution is -2.41. The number of carboxylic acids is 1. The fraction of sp³-hybridized carbons (Fsp3) is 0.423. The average molecular weight is 542 g/mol. The van der Waals surface area contributed by atoms with Crippen LogP contribution in [0.4, 0.5) is 5.69 Å². The number of aliphatic hydroxyl groups excluding tert-OH is 2. The molecule has 0 spiro atoms. The van der Waals surface area contributed by atoms with Gasteiger partial charge in [0, 0.05) is 18.2 Å². The molecule has 8 atom stereocenters. The average Bonchev–Trinajstić information content (AvgIpc) is 3.36. The van der Waals surface area contributed by atoms with E-state index >= 15 is 0 Å². The van der Waals surface area contributed by atoms with Crippen molar-refractivity contribution >= 4 is 23.5 Å². The van der Waals surface area contributed by atoms with Gasteiger partial charge in [0.2, 0.25) is 11.8 Å². The largest absolute Gasteiger partial charge is 0.478 e. The number of ether oxygens (including phenoxy) is 2. The van der Waals surface area contributed by atoms with Gasteiger partial charge in [-0.25, -0.2) is 9.59 Å². The van der Waals surface area contributed by atoms with Crippen LogP contribution in [0.5, 0.6) is 0 Å². The van der Waals surface area contributed by atoms with E-state index in [4.69, 9.17) is 14.6 Å². The summed E-state index contributed by atoms with van der Waals surface area (Å²) in [5.41, 5.74) is -1.13. The van der Waals surface area contributed by atoms with Gasteiger partial charge in [0.25, 0.3) is 5.56 Å². The van der Waals surface area contributed by atoms with E-state index in [1.165, 1.54) is 30.5 Å². The SMILES string of the molecule is CC1C=CC(CO[C@H]2C(O)[C@@H](CO)O[C@H]2n2ccc(=O)[nH]c2=O)C2C(=O)N(c3ccc(C(=O)O)cc3)C(=O)C12. The molecule has 1 aliphatic carbocycles. The molecule has 2 saturated heterocycles. The van der Waals surface area contributed by atoms with Crippen LogP contribution in [-0.2, 0) is 19.1 Å². The number of aromatic carboxylic acids is 1. The van der Waals surface area contributed by atoms with Crippen LogP contribution in [0.2, 0.25) is 0 Å². The van der Waals surface area contributed by atoms with Gasteiger partial charge in [-0.15, -0.1) is 0 Å². The molecule has 13 heteroatoms. The molecule has 2 aromatic rings. The maximum Gasteiger partial charge on any atom is 0.335 e. The molecule has 0 radical (unpaired) electrons. The molecule has 3 aliphatic rings. The van der Waals surface area contributed by atoms with Crippen molar-refractivity contribution in [2.45, 2.75) is 31.5 Å². The number of anilines is 1. The highest BCUT2D eigenvalue weighted by molar-refractivity contribution is 6.22. The molecule has 5 rings (SSSR count). The van der Waals surface area contributed by atoms with Crippen molar-refractivity contribution in [3.63, 3.8) is 0 Å². The molecule has 39 heavy (non-hydrogen) atoms. The zero-order chi connectivity index (χ0) is 28.0. The number of hydrogen-bond acceptors (Lipinski definition) is 9. The third-order valence-electron chi connectivity index (χ3n) is 7.56. The van der Waals surface area contributed by atoms with Gasteiger partial charge in [-0.1, -0.05) is 19.1 Å². The second-order valence-corrected chi connectivity index (χ2v) is 9.88. The number of imide groups is 1. The summed E-state index contributed by atoms with van der Waals surface area (Å²) < 4.78 is 12.7. The number of allylic oxidation sites excluding steroid dienone is 1. The van der Waals surface area contributed by atoms with E-state index in [0.717, 1.165) is 15.5 Å². The highest BCUT2D eigenvalue weighted by Crippen LogP contribution is 2.44. The lowest BCUT2D eigenvalue weighted by atomic mass is 9.72. The van der Waals surface area contributed by atoms with Gasteiger partial charge in [0.15, 0.2) is 6.23 Å². The molecule has 2 aliphatic heterocycles. The number of amides is 2. The number of aliphatic hydroxyl groups is 2. The third-order valence-corrected chi connectivity index (χ3v) is 7.56. The van der Waals surface area contributed by atoms with Crippen molar-refractivity contribution in [3.8, 4) is 0 Å². The Morgan fingerprint density at radius 2 is 1.74 bits per heavy atom. The second kappa shape index (κ2) is 10.3. The van der Waals surface area contributed by atoms with E-state index in [1.807, 2.05) is 13.0 Å². The third kappa shape index (κ3) is 4.63. The highest BCUT2D eigenvalue weighted by Gasteiger charge is 2.54. The lowest BCUT2D eigenvalue weighted by Gasteiger charge is -2.31. The van der Waals surface area contributed by atoms with Crippen LogP contribution in [-0.4, -0.2) is 74.2 Å². The predicted octanol–water partition coefficient (Wildman–Crippen LogP) is -0.501. The minimum absolute atomic E-state index is 0.0197. The topological polar surface area (TPSA) is 188 Å². The number of fused-ring (bicyclic) bond motifs is 1. The van der Waals surface area contributed by atoms with Crippen LogP contribution in [0, 0.1) is 23.7 Å². The molecule has 1 aromatic heterocycles. The summed E-state index contributed by atoms with van der Waals surface area (Å²) in [6.07, 6.45) is 0.0939. The minimum atomic E-state index is -1.33. The van der Waals surface area contributed by atoms with Crippen LogP contribution in [0.25, 0.3) is 0 Å². The Bertz CT molecular complexity index is 1430. The van der Waals surface area contributed by atoms with Crippen LogP contribution < -0.4 is 16.1 Å². The summed E-state index contributed by atoms with van der Waals surface area (Å²) in [7, 11) is 0. The fourth-order valence-electron chi connectivity index (χ4n) is 5.56. The molecule has 5 unspecified atom stereocenters. The Hall–Kier alpha value is -3.91. The second-order valence-electron chi connectivity index (χ2n) is 9.88. The van der Waals surface area contributed by atoms with E-state index in [-0.39, 0.29) is 23.8 Å². The van der Waals surface area contributed by atoms with Gasteiger partial charge < -0.3 is 24.8 Å². The normalized spacial score (nSPS) is 32.0. The number of aromatic nitrogens is 2.